The van der Waals surface area contributed by atoms with Crippen molar-refractivity contribution in [2.75, 3.05) is 18.6 Å². The summed E-state index contributed by atoms with van der Waals surface area (Å²) in [5.74, 6) is 5.36. The summed E-state index contributed by atoms with van der Waals surface area (Å²) in [4.78, 5) is 7.81. The van der Waals surface area contributed by atoms with Crippen molar-refractivity contribution in [3.8, 4) is 0 Å². The highest BCUT2D eigenvalue weighted by Gasteiger charge is 2.42. The normalized spacial score (nSPS) is 27.2. The Hall–Kier alpha value is -1.29. The fourth-order valence-corrected chi connectivity index (χ4v) is 4.40. The highest BCUT2D eigenvalue weighted by Crippen LogP contribution is 2.33. The van der Waals surface area contributed by atoms with E-state index in [4.69, 9.17) is 10.6 Å². The van der Waals surface area contributed by atoms with Crippen LogP contribution in [0.4, 0.5) is 5.95 Å². The summed E-state index contributed by atoms with van der Waals surface area (Å²) >= 11 is 0. The van der Waals surface area contributed by atoms with Gasteiger partial charge in [-0.05, 0) is 19.3 Å². The fourth-order valence-electron chi connectivity index (χ4n) is 2.85. The molecular weight excluding hydrogens is 282 g/mol. The molecule has 1 aromatic heterocycles. The van der Waals surface area contributed by atoms with Crippen molar-refractivity contribution in [1.82, 2.24) is 14.3 Å². The van der Waals surface area contributed by atoms with Crippen LogP contribution in [0.5, 0.6) is 0 Å². The lowest BCUT2D eigenvalue weighted by atomic mass is 10.2. The Morgan fingerprint density at radius 2 is 2.10 bits per heavy atom. The van der Waals surface area contributed by atoms with Crippen molar-refractivity contribution < 1.29 is 13.2 Å². The largest absolute Gasteiger partial charge is 0.375 e. The van der Waals surface area contributed by atoms with Crippen LogP contribution in [0.1, 0.15) is 19.3 Å². The number of hydrazine groups is 1. The second kappa shape index (κ2) is 5.24. The molecule has 1 aliphatic carbocycles. The molecule has 0 bridgehead atoms. The Kier molecular flexibility index (Phi) is 3.59. The number of hydrogen-bond acceptors (Lipinski definition) is 7. The smallest absolute Gasteiger partial charge is 0.246 e. The Morgan fingerprint density at radius 3 is 2.80 bits per heavy atom. The molecule has 0 radical (unpaired) electrons. The summed E-state index contributed by atoms with van der Waals surface area (Å²) in [7, 11) is -3.58. The van der Waals surface area contributed by atoms with Crippen molar-refractivity contribution in [3.05, 3.63) is 12.4 Å². The maximum atomic E-state index is 12.7. The van der Waals surface area contributed by atoms with Gasteiger partial charge < -0.3 is 4.74 Å². The molecule has 1 aliphatic heterocycles. The quantitative estimate of drug-likeness (QED) is 0.582. The standard InChI is InChI=1S/C11H17N5O3S/c12-15-11-13-6-8(7-14-11)20(17,18)16-4-5-19-10-3-1-2-9(10)16/h6-7,9-10H,1-5,12H2,(H,13,14,15). The number of ether oxygens (including phenoxy) is 1. The van der Waals surface area contributed by atoms with E-state index < -0.39 is 10.0 Å². The number of nitrogens with zero attached hydrogens (tertiary/aromatic N) is 3. The number of rotatable bonds is 3. The summed E-state index contributed by atoms with van der Waals surface area (Å²) in [6.45, 7) is 0.810. The van der Waals surface area contributed by atoms with Gasteiger partial charge in [-0.3, -0.25) is 5.43 Å². The van der Waals surface area contributed by atoms with Gasteiger partial charge in [-0.25, -0.2) is 24.2 Å². The zero-order chi connectivity index (χ0) is 14.2. The molecular formula is C11H17N5O3S. The zero-order valence-corrected chi connectivity index (χ0v) is 11.7. The predicted octanol–water partition coefficient (Wildman–Crippen LogP) is -0.296. The number of sulfonamides is 1. The minimum absolute atomic E-state index is 0.0180. The van der Waals surface area contributed by atoms with E-state index in [1.165, 1.54) is 16.7 Å². The number of anilines is 1. The first-order valence-electron chi connectivity index (χ1n) is 6.55. The van der Waals surface area contributed by atoms with Crippen LogP contribution in [0.3, 0.4) is 0 Å². The van der Waals surface area contributed by atoms with E-state index in [0.717, 1.165) is 19.3 Å². The first-order valence-corrected chi connectivity index (χ1v) is 7.99. The third kappa shape index (κ3) is 2.26. The molecule has 110 valence electrons. The molecule has 1 saturated heterocycles. The van der Waals surface area contributed by atoms with Crippen LogP contribution in [0.25, 0.3) is 0 Å². The number of hydrogen-bond donors (Lipinski definition) is 2. The minimum atomic E-state index is -3.58. The fraction of sp³-hybridized carbons (Fsp3) is 0.636. The Bertz CT molecular complexity index is 576. The highest BCUT2D eigenvalue weighted by molar-refractivity contribution is 7.89. The molecule has 2 heterocycles. The third-order valence-corrected chi connectivity index (χ3v) is 5.67. The minimum Gasteiger partial charge on any atom is -0.375 e. The average Bonchev–Trinajstić information content (AvgIpc) is 2.95. The van der Waals surface area contributed by atoms with Gasteiger partial charge in [0, 0.05) is 6.54 Å². The van der Waals surface area contributed by atoms with Crippen molar-refractivity contribution in [1.29, 1.82) is 0 Å². The number of aromatic nitrogens is 2. The Labute approximate surface area is 117 Å². The molecule has 2 atom stereocenters. The lowest BCUT2D eigenvalue weighted by Gasteiger charge is -2.36. The SMILES string of the molecule is NNc1ncc(S(=O)(=O)N2CCOC3CCCC32)cn1. The van der Waals surface area contributed by atoms with Gasteiger partial charge in [0.2, 0.25) is 16.0 Å². The molecule has 0 amide bonds. The third-order valence-electron chi connectivity index (χ3n) is 3.80. The molecule has 2 fully saturated rings. The van der Waals surface area contributed by atoms with Gasteiger partial charge in [0.05, 0.1) is 31.1 Å². The summed E-state index contributed by atoms with van der Waals surface area (Å²) in [6.07, 6.45) is 5.32. The van der Waals surface area contributed by atoms with E-state index in [2.05, 4.69) is 15.4 Å². The maximum absolute atomic E-state index is 12.7. The Morgan fingerprint density at radius 1 is 1.35 bits per heavy atom. The van der Waals surface area contributed by atoms with Crippen LogP contribution in [-0.2, 0) is 14.8 Å². The summed E-state index contributed by atoms with van der Waals surface area (Å²) in [5.41, 5.74) is 2.27. The number of morpholine rings is 1. The van der Waals surface area contributed by atoms with Gasteiger partial charge in [-0.2, -0.15) is 4.31 Å². The molecule has 20 heavy (non-hydrogen) atoms. The molecule has 2 aliphatic rings. The van der Waals surface area contributed by atoms with E-state index in [-0.39, 0.29) is 23.0 Å². The van der Waals surface area contributed by atoms with Crippen molar-refractivity contribution in [2.24, 2.45) is 5.84 Å². The Balaban J connectivity index is 1.89. The molecule has 2 unspecified atom stereocenters. The van der Waals surface area contributed by atoms with Crippen molar-refractivity contribution >= 4 is 16.0 Å². The average molecular weight is 299 g/mol. The molecule has 3 rings (SSSR count). The van der Waals surface area contributed by atoms with E-state index in [0.29, 0.717) is 13.2 Å². The lowest BCUT2D eigenvalue weighted by molar-refractivity contribution is -0.0241. The van der Waals surface area contributed by atoms with Gasteiger partial charge in [0.15, 0.2) is 0 Å². The zero-order valence-electron chi connectivity index (χ0n) is 10.9. The van der Waals surface area contributed by atoms with Gasteiger partial charge in [-0.1, -0.05) is 0 Å². The van der Waals surface area contributed by atoms with Gasteiger partial charge in [0.25, 0.3) is 0 Å². The highest BCUT2D eigenvalue weighted by atomic mass is 32.2. The number of nitrogen functional groups attached to an aromatic ring is 1. The van der Waals surface area contributed by atoms with Crippen LogP contribution in [0, 0.1) is 0 Å². The molecule has 8 nitrogen and oxygen atoms in total. The van der Waals surface area contributed by atoms with E-state index in [1.807, 2.05) is 0 Å². The first kappa shape index (κ1) is 13.7. The van der Waals surface area contributed by atoms with E-state index in [1.54, 1.807) is 0 Å². The number of nitrogens with two attached hydrogens (primary N) is 1. The topological polar surface area (TPSA) is 110 Å². The molecule has 0 spiro atoms. The van der Waals surface area contributed by atoms with E-state index >= 15 is 0 Å². The van der Waals surface area contributed by atoms with Gasteiger partial charge in [-0.15, -0.1) is 0 Å². The lowest BCUT2D eigenvalue weighted by Crippen LogP contribution is -2.51. The van der Waals surface area contributed by atoms with Gasteiger partial charge in [0.1, 0.15) is 4.90 Å². The van der Waals surface area contributed by atoms with Crippen LogP contribution < -0.4 is 11.3 Å². The second-order valence-corrected chi connectivity index (χ2v) is 6.80. The summed E-state index contributed by atoms with van der Waals surface area (Å²) in [5, 5.41) is 0. The molecule has 1 aromatic rings. The number of fused-ring (bicyclic) bond motifs is 1. The van der Waals surface area contributed by atoms with Crippen LogP contribution >= 0.6 is 0 Å². The van der Waals surface area contributed by atoms with E-state index in [9.17, 15) is 8.42 Å². The monoisotopic (exact) mass is 299 g/mol. The number of nitrogens with one attached hydrogen (secondary N) is 1. The predicted molar refractivity (Wildman–Crippen MR) is 71.1 cm³/mol. The van der Waals surface area contributed by atoms with Crippen molar-refractivity contribution in [3.63, 3.8) is 0 Å². The van der Waals surface area contributed by atoms with Crippen LogP contribution in [0.15, 0.2) is 17.3 Å². The first-order chi connectivity index (χ1) is 9.63. The van der Waals surface area contributed by atoms with Crippen LogP contribution in [0.2, 0.25) is 0 Å². The summed E-state index contributed by atoms with van der Waals surface area (Å²) in [6, 6.07) is -0.0685. The summed E-state index contributed by atoms with van der Waals surface area (Å²) < 4.78 is 32.5. The second-order valence-electron chi connectivity index (χ2n) is 4.91. The molecule has 3 N–H and O–H groups in total. The van der Waals surface area contributed by atoms with Crippen LogP contribution in [-0.4, -0.2) is 48.0 Å². The molecule has 9 heteroatoms. The molecule has 1 saturated carbocycles. The van der Waals surface area contributed by atoms with Gasteiger partial charge >= 0.3 is 0 Å². The molecule has 0 aromatic carbocycles. The maximum Gasteiger partial charge on any atom is 0.246 e. The van der Waals surface area contributed by atoms with Crippen molar-refractivity contribution in [2.45, 2.75) is 36.3 Å².